The first kappa shape index (κ1) is 12.9. The van der Waals surface area contributed by atoms with Crippen molar-refractivity contribution in [1.29, 1.82) is 0 Å². The van der Waals surface area contributed by atoms with E-state index in [4.69, 9.17) is 0 Å². The predicted molar refractivity (Wildman–Crippen MR) is 57.4 cm³/mol. The van der Waals surface area contributed by atoms with Crippen LogP contribution in [0.4, 0.5) is 0 Å². The molecule has 2 atom stereocenters. The Morgan fingerprint density at radius 2 is 1.92 bits per heavy atom. The van der Waals surface area contributed by atoms with Crippen LogP contribution in [0.3, 0.4) is 0 Å². The van der Waals surface area contributed by atoms with Crippen LogP contribution in [0.15, 0.2) is 0 Å². The van der Waals surface area contributed by atoms with Crippen molar-refractivity contribution in [2.24, 2.45) is 17.8 Å². The van der Waals surface area contributed by atoms with Gasteiger partial charge in [-0.2, -0.15) is 0 Å². The van der Waals surface area contributed by atoms with Crippen molar-refractivity contribution in [2.45, 2.75) is 40.5 Å². The fourth-order valence-electron chi connectivity index (χ4n) is 1.77. The maximum absolute atomic E-state index is 11.3. The van der Waals surface area contributed by atoms with E-state index in [-0.39, 0.29) is 11.9 Å². The lowest BCUT2D eigenvalue weighted by Gasteiger charge is -2.21. The van der Waals surface area contributed by atoms with Gasteiger partial charge in [0.25, 0.3) is 0 Å². The molecule has 0 saturated carbocycles. The SMILES string of the molecule is CCC(C(=O)OBr)C(C)CC(C)C. The molecule has 0 N–H and O–H groups in total. The minimum Gasteiger partial charge on any atom is -0.383 e. The molecular formula is C10H19BrO2. The van der Waals surface area contributed by atoms with E-state index in [1.54, 1.807) is 0 Å². The van der Waals surface area contributed by atoms with Crippen LogP contribution >= 0.6 is 16.3 Å². The van der Waals surface area contributed by atoms with Crippen molar-refractivity contribution in [1.82, 2.24) is 0 Å². The van der Waals surface area contributed by atoms with Gasteiger partial charge in [-0.05, 0) is 24.7 Å². The molecule has 0 fully saturated rings. The highest BCUT2D eigenvalue weighted by molar-refractivity contribution is 9.06. The second-order valence-electron chi connectivity index (χ2n) is 4.02. The van der Waals surface area contributed by atoms with Gasteiger partial charge in [0.15, 0.2) is 16.3 Å². The Bertz CT molecular complexity index is 157. The molecule has 0 rings (SSSR count). The standard InChI is InChI=1S/C10H19BrO2/c1-5-9(10(12)13-11)8(4)6-7(2)3/h7-9H,5-6H2,1-4H3. The lowest BCUT2D eigenvalue weighted by atomic mass is 9.85. The zero-order chi connectivity index (χ0) is 10.4. The first-order valence-electron chi connectivity index (χ1n) is 4.85. The summed E-state index contributed by atoms with van der Waals surface area (Å²) in [5.74, 6) is 0.916. The van der Waals surface area contributed by atoms with Gasteiger partial charge in [0.2, 0.25) is 0 Å². The zero-order valence-corrected chi connectivity index (χ0v) is 10.4. The Morgan fingerprint density at radius 1 is 1.38 bits per heavy atom. The number of rotatable bonds is 5. The molecule has 13 heavy (non-hydrogen) atoms. The number of carbonyl (C=O) groups excluding carboxylic acids is 1. The third-order valence-electron chi connectivity index (χ3n) is 2.35. The number of hydrogen-bond donors (Lipinski definition) is 0. The van der Waals surface area contributed by atoms with Gasteiger partial charge in [-0.1, -0.05) is 27.7 Å². The Hall–Kier alpha value is -0.0500. The molecule has 3 heteroatoms. The molecule has 0 aliphatic rings. The van der Waals surface area contributed by atoms with Gasteiger partial charge in [-0.25, -0.2) is 0 Å². The van der Waals surface area contributed by atoms with Crippen molar-refractivity contribution in [3.63, 3.8) is 0 Å². The van der Waals surface area contributed by atoms with Crippen molar-refractivity contribution in [2.75, 3.05) is 0 Å². The van der Waals surface area contributed by atoms with Crippen LogP contribution < -0.4 is 0 Å². The summed E-state index contributed by atoms with van der Waals surface area (Å²) in [7, 11) is 0. The molecular weight excluding hydrogens is 232 g/mol. The first-order chi connectivity index (χ1) is 6.02. The Balaban J connectivity index is 4.14. The Labute approximate surface area is 89.5 Å². The van der Waals surface area contributed by atoms with Gasteiger partial charge < -0.3 is 3.83 Å². The monoisotopic (exact) mass is 250 g/mol. The van der Waals surface area contributed by atoms with Gasteiger partial charge >= 0.3 is 5.97 Å². The van der Waals surface area contributed by atoms with Crippen LogP contribution in [0.25, 0.3) is 0 Å². The van der Waals surface area contributed by atoms with Gasteiger partial charge in [0, 0.05) is 0 Å². The maximum atomic E-state index is 11.3. The van der Waals surface area contributed by atoms with Crippen LogP contribution in [0.1, 0.15) is 40.5 Å². The summed E-state index contributed by atoms with van der Waals surface area (Å²) in [6, 6.07) is 0. The highest BCUT2D eigenvalue weighted by atomic mass is 79.9. The van der Waals surface area contributed by atoms with Gasteiger partial charge in [-0.15, -0.1) is 0 Å². The Kier molecular flexibility index (Phi) is 6.39. The molecule has 2 nitrogen and oxygen atoms in total. The van der Waals surface area contributed by atoms with E-state index in [0.717, 1.165) is 12.8 Å². The van der Waals surface area contributed by atoms with Gasteiger partial charge in [0.05, 0.1) is 5.92 Å². The smallest absolute Gasteiger partial charge is 0.320 e. The van der Waals surface area contributed by atoms with E-state index in [2.05, 4.69) is 40.9 Å². The van der Waals surface area contributed by atoms with Crippen LogP contribution in [-0.4, -0.2) is 5.97 Å². The van der Waals surface area contributed by atoms with E-state index < -0.39 is 0 Å². The van der Waals surface area contributed by atoms with E-state index >= 15 is 0 Å². The van der Waals surface area contributed by atoms with Gasteiger partial charge in [-0.3, -0.25) is 4.79 Å². The fourth-order valence-corrected chi connectivity index (χ4v) is 2.01. The largest absolute Gasteiger partial charge is 0.383 e. The van der Waals surface area contributed by atoms with E-state index in [1.165, 1.54) is 0 Å². The van der Waals surface area contributed by atoms with Crippen molar-refractivity contribution in [3.8, 4) is 0 Å². The van der Waals surface area contributed by atoms with Crippen LogP contribution in [0.2, 0.25) is 0 Å². The molecule has 0 aliphatic heterocycles. The highest BCUT2D eigenvalue weighted by Crippen LogP contribution is 2.24. The minimum atomic E-state index is -0.143. The summed E-state index contributed by atoms with van der Waals surface area (Å²) >= 11 is 2.74. The molecule has 0 aromatic rings. The second kappa shape index (κ2) is 6.41. The highest BCUT2D eigenvalue weighted by Gasteiger charge is 2.24. The molecule has 78 valence electrons. The molecule has 0 amide bonds. The molecule has 0 saturated heterocycles. The zero-order valence-electron chi connectivity index (χ0n) is 8.84. The Morgan fingerprint density at radius 3 is 2.23 bits per heavy atom. The third kappa shape index (κ3) is 4.65. The topological polar surface area (TPSA) is 26.3 Å². The third-order valence-corrected chi connectivity index (χ3v) is 2.67. The summed E-state index contributed by atoms with van der Waals surface area (Å²) in [5, 5.41) is 0. The van der Waals surface area contributed by atoms with Crippen molar-refractivity contribution >= 4 is 22.2 Å². The van der Waals surface area contributed by atoms with Gasteiger partial charge in [0.1, 0.15) is 0 Å². The second-order valence-corrected chi connectivity index (χ2v) is 4.34. The molecule has 0 spiro atoms. The lowest BCUT2D eigenvalue weighted by Crippen LogP contribution is -2.22. The maximum Gasteiger partial charge on any atom is 0.320 e. The molecule has 0 radical (unpaired) electrons. The summed E-state index contributed by atoms with van der Waals surface area (Å²) in [4.78, 5) is 11.3. The summed E-state index contributed by atoms with van der Waals surface area (Å²) in [5.41, 5.74) is 0. The first-order valence-corrected chi connectivity index (χ1v) is 5.50. The minimum absolute atomic E-state index is 0.0294. The molecule has 2 unspecified atom stereocenters. The van der Waals surface area contributed by atoms with Crippen LogP contribution in [-0.2, 0) is 8.62 Å². The molecule has 0 bridgehead atoms. The molecule has 0 aromatic carbocycles. The normalized spacial score (nSPS) is 15.5. The molecule has 0 aliphatic carbocycles. The average Bonchev–Trinajstić information content (AvgIpc) is 2.03. The number of halogens is 1. The van der Waals surface area contributed by atoms with Crippen molar-refractivity contribution < 1.29 is 8.62 Å². The molecule has 0 heterocycles. The predicted octanol–water partition coefficient (Wildman–Crippen LogP) is 3.55. The lowest BCUT2D eigenvalue weighted by molar-refractivity contribution is -0.138. The average molecular weight is 251 g/mol. The number of hydrogen-bond acceptors (Lipinski definition) is 2. The van der Waals surface area contributed by atoms with E-state index in [0.29, 0.717) is 11.8 Å². The number of carbonyl (C=O) groups is 1. The van der Waals surface area contributed by atoms with Crippen LogP contribution in [0, 0.1) is 17.8 Å². The van der Waals surface area contributed by atoms with E-state index in [1.807, 2.05) is 6.92 Å². The summed E-state index contributed by atoms with van der Waals surface area (Å²) in [6.07, 6.45) is 1.92. The molecule has 0 aromatic heterocycles. The summed E-state index contributed by atoms with van der Waals surface area (Å²) in [6.45, 7) is 8.47. The van der Waals surface area contributed by atoms with E-state index in [9.17, 15) is 4.79 Å². The van der Waals surface area contributed by atoms with Crippen LogP contribution in [0.5, 0.6) is 0 Å². The fraction of sp³-hybridized carbons (Fsp3) is 0.900. The summed E-state index contributed by atoms with van der Waals surface area (Å²) < 4.78 is 4.58. The van der Waals surface area contributed by atoms with Crippen molar-refractivity contribution in [3.05, 3.63) is 0 Å². The quantitative estimate of drug-likeness (QED) is 0.746.